The van der Waals surface area contributed by atoms with Gasteiger partial charge in [0.2, 0.25) is 5.91 Å². The minimum absolute atomic E-state index is 0.406. The van der Waals surface area contributed by atoms with E-state index in [2.05, 4.69) is 26.6 Å². The molecule has 0 saturated heterocycles. The Morgan fingerprint density at radius 1 is 1.32 bits per heavy atom. The summed E-state index contributed by atoms with van der Waals surface area (Å²) in [4.78, 5) is 11.8. The highest BCUT2D eigenvalue weighted by molar-refractivity contribution is 9.10. The van der Waals surface area contributed by atoms with Crippen LogP contribution in [0.3, 0.4) is 0 Å². The maximum Gasteiger partial charge on any atom is 0.248 e. The van der Waals surface area contributed by atoms with Gasteiger partial charge >= 0.3 is 0 Å². The average molecular weight is 386 g/mol. The third-order valence-electron chi connectivity index (χ3n) is 3.35. The van der Waals surface area contributed by atoms with Crippen LogP contribution in [-0.4, -0.2) is 25.2 Å². The number of amides is 1. The van der Waals surface area contributed by atoms with Gasteiger partial charge in [-0.1, -0.05) is 0 Å². The van der Waals surface area contributed by atoms with Crippen LogP contribution in [-0.2, 0) is 4.79 Å². The van der Waals surface area contributed by atoms with E-state index in [1.54, 1.807) is 27.2 Å². The molecule has 0 aliphatic carbocycles. The summed E-state index contributed by atoms with van der Waals surface area (Å²) in [6, 6.07) is 3.06. The number of benzene rings is 1. The van der Waals surface area contributed by atoms with Crippen LogP contribution < -0.4 is 25.8 Å². The van der Waals surface area contributed by atoms with E-state index in [1.807, 2.05) is 6.07 Å². The molecule has 0 fully saturated rings. The number of hydrogen-bond acceptors (Lipinski definition) is 4. The summed E-state index contributed by atoms with van der Waals surface area (Å²) < 4.78 is 11.4. The molecule has 1 aromatic carbocycles. The molecular formula is C14H16BrN3O3S. The van der Waals surface area contributed by atoms with Gasteiger partial charge in [0.15, 0.2) is 5.11 Å². The second-order valence-corrected chi connectivity index (χ2v) is 5.93. The zero-order valence-corrected chi connectivity index (χ0v) is 14.7. The van der Waals surface area contributed by atoms with E-state index >= 15 is 0 Å². The van der Waals surface area contributed by atoms with Crippen LogP contribution >= 0.6 is 28.1 Å². The van der Waals surface area contributed by atoms with Gasteiger partial charge in [-0.25, -0.2) is 0 Å². The van der Waals surface area contributed by atoms with Crippen molar-refractivity contribution in [3.63, 3.8) is 0 Å². The lowest BCUT2D eigenvalue weighted by Gasteiger charge is -2.30. The molecule has 1 unspecified atom stereocenters. The summed E-state index contributed by atoms with van der Waals surface area (Å²) in [5.41, 5.74) is 7.28. The number of halogens is 1. The molecule has 0 radical (unpaired) electrons. The van der Waals surface area contributed by atoms with Crippen LogP contribution in [0.2, 0.25) is 0 Å². The molecule has 1 amide bonds. The van der Waals surface area contributed by atoms with Crippen molar-refractivity contribution in [1.82, 2.24) is 10.6 Å². The van der Waals surface area contributed by atoms with Gasteiger partial charge in [-0.2, -0.15) is 0 Å². The molecule has 1 heterocycles. The second-order valence-electron chi connectivity index (χ2n) is 4.66. The lowest BCUT2D eigenvalue weighted by atomic mass is 9.94. The van der Waals surface area contributed by atoms with Gasteiger partial charge in [0.05, 0.1) is 30.3 Å². The Balaban J connectivity index is 2.62. The summed E-state index contributed by atoms with van der Waals surface area (Å²) in [7, 11) is 3.11. The van der Waals surface area contributed by atoms with Gasteiger partial charge in [0, 0.05) is 17.3 Å². The Hall–Kier alpha value is -1.80. The van der Waals surface area contributed by atoms with Crippen LogP contribution in [0.5, 0.6) is 11.5 Å². The third-order valence-corrected chi connectivity index (χ3v) is 4.19. The fourth-order valence-electron chi connectivity index (χ4n) is 2.36. The van der Waals surface area contributed by atoms with Crippen molar-refractivity contribution in [3.8, 4) is 11.5 Å². The topological polar surface area (TPSA) is 85.6 Å². The van der Waals surface area contributed by atoms with Gasteiger partial charge in [-0.15, -0.1) is 0 Å². The summed E-state index contributed by atoms with van der Waals surface area (Å²) in [5, 5.41) is 6.38. The van der Waals surface area contributed by atoms with Gasteiger partial charge in [0.25, 0.3) is 0 Å². The molecule has 1 aromatic rings. The molecule has 8 heteroatoms. The number of methoxy groups -OCH3 is 2. The first-order valence-electron chi connectivity index (χ1n) is 6.38. The number of allylic oxidation sites excluding steroid dienone is 1. The minimum Gasteiger partial charge on any atom is -0.496 e. The minimum atomic E-state index is -0.529. The lowest BCUT2D eigenvalue weighted by molar-refractivity contribution is -0.115. The summed E-state index contributed by atoms with van der Waals surface area (Å²) in [6.45, 7) is 1.76. The van der Waals surface area contributed by atoms with E-state index in [9.17, 15) is 4.79 Å². The van der Waals surface area contributed by atoms with E-state index in [4.69, 9.17) is 27.4 Å². The predicted molar refractivity (Wildman–Crippen MR) is 90.8 cm³/mol. The van der Waals surface area contributed by atoms with E-state index in [0.717, 1.165) is 10.0 Å². The molecule has 1 atom stereocenters. The predicted octanol–water partition coefficient (Wildman–Crippen LogP) is 1.74. The molecule has 0 aromatic heterocycles. The monoisotopic (exact) mass is 385 g/mol. The number of nitrogens with one attached hydrogen (secondary N) is 2. The largest absolute Gasteiger partial charge is 0.496 e. The normalized spacial score (nSPS) is 17.6. The average Bonchev–Trinajstić information content (AvgIpc) is 2.45. The number of nitrogens with two attached hydrogens (primary N) is 1. The summed E-state index contributed by atoms with van der Waals surface area (Å²) in [5.74, 6) is 0.659. The second kappa shape index (κ2) is 6.53. The fourth-order valence-corrected chi connectivity index (χ4v) is 3.16. The Morgan fingerprint density at radius 3 is 2.50 bits per heavy atom. The molecule has 1 aliphatic heterocycles. The van der Waals surface area contributed by atoms with Crippen molar-refractivity contribution < 1.29 is 14.3 Å². The van der Waals surface area contributed by atoms with Gasteiger partial charge in [0.1, 0.15) is 11.5 Å². The highest BCUT2D eigenvalue weighted by atomic mass is 79.9. The number of carbonyl (C=O) groups is 1. The quantitative estimate of drug-likeness (QED) is 0.684. The number of rotatable bonds is 4. The van der Waals surface area contributed by atoms with Crippen LogP contribution in [0.15, 0.2) is 27.9 Å². The standard InChI is InChI=1S/C14H16BrN3O3S/c1-6-11(13(16)19)12(18-14(22)17-6)7-4-8(15)10(21-3)5-9(7)20-2/h4-5,12H,1-3H3,(H2,16,19)(H2,17,18,22). The smallest absolute Gasteiger partial charge is 0.248 e. The van der Waals surface area contributed by atoms with Gasteiger partial charge in [-0.05, 0) is 41.1 Å². The summed E-state index contributed by atoms with van der Waals surface area (Å²) >= 11 is 8.61. The Labute approximate surface area is 142 Å². The molecule has 4 N–H and O–H groups in total. The molecule has 118 valence electrons. The maximum absolute atomic E-state index is 11.8. The molecule has 0 bridgehead atoms. The molecule has 1 aliphatic rings. The molecule has 0 saturated carbocycles. The van der Waals surface area contributed by atoms with E-state index < -0.39 is 11.9 Å². The van der Waals surface area contributed by atoms with Gasteiger partial charge < -0.3 is 25.8 Å². The molecular weight excluding hydrogens is 370 g/mol. The first-order valence-corrected chi connectivity index (χ1v) is 7.58. The highest BCUT2D eigenvalue weighted by Gasteiger charge is 2.31. The van der Waals surface area contributed by atoms with E-state index in [-0.39, 0.29) is 0 Å². The number of primary amides is 1. The number of thiocarbonyl (C=S) groups is 1. The maximum atomic E-state index is 11.8. The number of carbonyl (C=O) groups excluding carboxylic acids is 1. The van der Waals surface area contributed by atoms with Crippen molar-refractivity contribution in [1.29, 1.82) is 0 Å². The van der Waals surface area contributed by atoms with Crippen molar-refractivity contribution in [3.05, 3.63) is 33.4 Å². The van der Waals surface area contributed by atoms with E-state index in [0.29, 0.717) is 27.9 Å². The van der Waals surface area contributed by atoms with Crippen molar-refractivity contribution in [2.75, 3.05) is 14.2 Å². The van der Waals surface area contributed by atoms with Crippen molar-refractivity contribution >= 4 is 39.2 Å². The zero-order valence-electron chi connectivity index (χ0n) is 12.3. The van der Waals surface area contributed by atoms with Crippen LogP contribution in [0.25, 0.3) is 0 Å². The number of hydrogen-bond donors (Lipinski definition) is 3. The Bertz CT molecular complexity index is 676. The molecule has 22 heavy (non-hydrogen) atoms. The number of ether oxygens (including phenoxy) is 2. The van der Waals surface area contributed by atoms with Crippen molar-refractivity contribution in [2.45, 2.75) is 13.0 Å². The molecule has 0 spiro atoms. The zero-order chi connectivity index (χ0) is 16.4. The molecule has 2 rings (SSSR count). The first kappa shape index (κ1) is 16.6. The SMILES string of the molecule is COc1cc(OC)c(C2NC(=S)NC(C)=C2C(N)=O)cc1Br. The Morgan fingerprint density at radius 2 is 1.95 bits per heavy atom. The first-order chi connectivity index (χ1) is 10.4. The van der Waals surface area contributed by atoms with Crippen LogP contribution in [0, 0.1) is 0 Å². The molecule has 6 nitrogen and oxygen atoms in total. The highest BCUT2D eigenvalue weighted by Crippen LogP contribution is 2.39. The fraction of sp³-hybridized carbons (Fsp3) is 0.286. The van der Waals surface area contributed by atoms with Crippen molar-refractivity contribution in [2.24, 2.45) is 5.73 Å². The van der Waals surface area contributed by atoms with E-state index in [1.165, 1.54) is 0 Å². The lowest BCUT2D eigenvalue weighted by Crippen LogP contribution is -2.46. The summed E-state index contributed by atoms with van der Waals surface area (Å²) in [6.07, 6.45) is 0. The van der Waals surface area contributed by atoms with Gasteiger partial charge in [-0.3, -0.25) is 4.79 Å². The Kier molecular flexibility index (Phi) is 4.92. The van der Waals surface area contributed by atoms with Crippen LogP contribution in [0.1, 0.15) is 18.5 Å². The van der Waals surface area contributed by atoms with Crippen LogP contribution in [0.4, 0.5) is 0 Å². The third kappa shape index (κ3) is 3.02.